The number of tetrazole rings is 1. The van der Waals surface area contributed by atoms with Crippen molar-refractivity contribution in [2.24, 2.45) is 0 Å². The number of halogens is 1. The van der Waals surface area contributed by atoms with E-state index in [1.807, 2.05) is 19.9 Å². The maximum atomic E-state index is 13.2. The van der Waals surface area contributed by atoms with Gasteiger partial charge in [-0.25, -0.2) is 4.39 Å². The lowest BCUT2D eigenvalue weighted by Gasteiger charge is -1.98. The number of benzene rings is 1. The van der Waals surface area contributed by atoms with Crippen LogP contribution in [0.25, 0.3) is 11.4 Å². The van der Waals surface area contributed by atoms with Crippen molar-refractivity contribution >= 4 is 17.1 Å². The molecule has 2 aromatic heterocycles. The van der Waals surface area contributed by atoms with Crippen molar-refractivity contribution < 1.29 is 9.18 Å². The summed E-state index contributed by atoms with van der Waals surface area (Å²) in [6.07, 6.45) is 0. The molecular formula is C15H13FN4OS. The number of carbonyl (C=O) groups excluding carboxylic acids is 1. The lowest BCUT2D eigenvalue weighted by molar-refractivity contribution is 0.0961. The van der Waals surface area contributed by atoms with E-state index < -0.39 is 0 Å². The molecule has 0 radical (unpaired) electrons. The number of aryl methyl sites for hydroxylation is 2. The molecule has 22 heavy (non-hydrogen) atoms. The van der Waals surface area contributed by atoms with E-state index in [1.165, 1.54) is 16.9 Å². The minimum atomic E-state index is -0.366. The normalized spacial score (nSPS) is 10.9. The van der Waals surface area contributed by atoms with Gasteiger partial charge < -0.3 is 0 Å². The van der Waals surface area contributed by atoms with Gasteiger partial charge in [0, 0.05) is 20.9 Å². The second-order valence-corrected chi connectivity index (χ2v) is 6.36. The summed E-state index contributed by atoms with van der Waals surface area (Å²) in [6, 6.07) is 7.81. The third kappa shape index (κ3) is 2.94. The highest BCUT2D eigenvalue weighted by atomic mass is 32.1. The second kappa shape index (κ2) is 5.76. The predicted molar refractivity (Wildman–Crippen MR) is 81.3 cm³/mol. The Morgan fingerprint density at radius 2 is 2.14 bits per heavy atom. The molecule has 0 atom stereocenters. The summed E-state index contributed by atoms with van der Waals surface area (Å²) < 4.78 is 13.2. The minimum absolute atomic E-state index is 0.0132. The number of nitrogens with zero attached hydrogens (tertiary/aromatic N) is 4. The smallest absolute Gasteiger partial charge is 0.205 e. The average Bonchev–Trinajstić information content (AvgIpc) is 3.05. The van der Waals surface area contributed by atoms with Crippen LogP contribution in [0.1, 0.15) is 20.1 Å². The zero-order valence-corrected chi connectivity index (χ0v) is 12.9. The molecular weight excluding hydrogens is 303 g/mol. The third-order valence-electron chi connectivity index (χ3n) is 3.16. The molecule has 0 aliphatic heterocycles. The molecule has 0 fully saturated rings. The lowest BCUT2D eigenvalue weighted by Crippen LogP contribution is -2.13. The van der Waals surface area contributed by atoms with Crippen LogP contribution in [0.3, 0.4) is 0 Å². The van der Waals surface area contributed by atoms with Crippen LogP contribution in [0.2, 0.25) is 0 Å². The highest BCUT2D eigenvalue weighted by Gasteiger charge is 2.15. The van der Waals surface area contributed by atoms with Gasteiger partial charge in [0.1, 0.15) is 12.4 Å². The molecule has 0 amide bonds. The number of hydrogen-bond donors (Lipinski definition) is 0. The van der Waals surface area contributed by atoms with Crippen LogP contribution in [0.5, 0.6) is 0 Å². The van der Waals surface area contributed by atoms with Gasteiger partial charge in [0.2, 0.25) is 5.82 Å². The molecule has 0 spiro atoms. The van der Waals surface area contributed by atoms with Crippen molar-refractivity contribution in [3.8, 4) is 11.4 Å². The van der Waals surface area contributed by atoms with Gasteiger partial charge >= 0.3 is 0 Å². The van der Waals surface area contributed by atoms with Crippen molar-refractivity contribution in [1.29, 1.82) is 0 Å². The first kappa shape index (κ1) is 14.5. The number of ketones is 1. The molecule has 0 bridgehead atoms. The van der Waals surface area contributed by atoms with Crippen molar-refractivity contribution in [1.82, 2.24) is 20.2 Å². The molecule has 0 unspecified atom stereocenters. The molecule has 5 nitrogen and oxygen atoms in total. The molecule has 7 heteroatoms. The van der Waals surface area contributed by atoms with Crippen molar-refractivity contribution in [2.45, 2.75) is 20.4 Å². The fourth-order valence-electron chi connectivity index (χ4n) is 2.17. The topological polar surface area (TPSA) is 60.7 Å². The summed E-state index contributed by atoms with van der Waals surface area (Å²) in [5, 5.41) is 11.9. The van der Waals surface area contributed by atoms with E-state index in [4.69, 9.17) is 0 Å². The fraction of sp³-hybridized carbons (Fsp3) is 0.200. The molecule has 0 saturated heterocycles. The van der Waals surface area contributed by atoms with Crippen LogP contribution in [-0.2, 0) is 6.54 Å². The Hall–Kier alpha value is -2.41. The van der Waals surface area contributed by atoms with E-state index in [0.29, 0.717) is 17.0 Å². The molecule has 0 aliphatic rings. The predicted octanol–water partition coefficient (Wildman–Crippen LogP) is 3.04. The zero-order valence-electron chi connectivity index (χ0n) is 12.1. The van der Waals surface area contributed by atoms with Gasteiger partial charge in [-0.15, -0.1) is 21.5 Å². The van der Waals surface area contributed by atoms with Crippen LogP contribution in [0, 0.1) is 19.7 Å². The summed E-state index contributed by atoms with van der Waals surface area (Å²) in [6.45, 7) is 3.89. The number of Topliss-reactive ketones (excluding diaryl/α,β-unsaturated/α-hetero) is 1. The van der Waals surface area contributed by atoms with Gasteiger partial charge in [-0.2, -0.15) is 4.80 Å². The Morgan fingerprint density at radius 3 is 2.82 bits per heavy atom. The summed E-state index contributed by atoms with van der Waals surface area (Å²) in [5.41, 5.74) is 1.22. The quantitative estimate of drug-likeness (QED) is 0.694. The Balaban J connectivity index is 1.80. The largest absolute Gasteiger partial charge is 0.292 e. The summed E-state index contributed by atoms with van der Waals surface area (Å²) in [5.74, 6) is -0.134. The van der Waals surface area contributed by atoms with Crippen molar-refractivity contribution in [2.75, 3.05) is 0 Å². The van der Waals surface area contributed by atoms with Crippen LogP contribution in [-0.4, -0.2) is 26.0 Å². The SMILES string of the molecule is Cc1cc(C(=O)Cn2nnc(-c3cccc(F)c3)n2)c(C)s1. The van der Waals surface area contributed by atoms with Gasteiger partial charge in [0.25, 0.3) is 0 Å². The monoisotopic (exact) mass is 316 g/mol. The second-order valence-electron chi connectivity index (χ2n) is 4.90. The molecule has 1 aromatic carbocycles. The first-order valence-electron chi connectivity index (χ1n) is 6.67. The summed E-state index contributed by atoms with van der Waals surface area (Å²) >= 11 is 1.58. The Kier molecular flexibility index (Phi) is 3.81. The van der Waals surface area contributed by atoms with Crippen molar-refractivity contribution in [3.05, 3.63) is 51.5 Å². The first-order valence-corrected chi connectivity index (χ1v) is 7.48. The maximum Gasteiger partial charge on any atom is 0.205 e. The Morgan fingerprint density at radius 1 is 1.32 bits per heavy atom. The number of carbonyl (C=O) groups is 1. The van der Waals surface area contributed by atoms with Crippen LogP contribution in [0.4, 0.5) is 4.39 Å². The number of rotatable bonds is 4. The van der Waals surface area contributed by atoms with Gasteiger partial charge in [-0.1, -0.05) is 12.1 Å². The molecule has 0 N–H and O–H groups in total. The van der Waals surface area contributed by atoms with Crippen molar-refractivity contribution in [3.63, 3.8) is 0 Å². The van der Waals surface area contributed by atoms with Crippen LogP contribution < -0.4 is 0 Å². The van der Waals surface area contributed by atoms with E-state index in [9.17, 15) is 9.18 Å². The van der Waals surface area contributed by atoms with Gasteiger partial charge in [0.15, 0.2) is 5.78 Å². The highest BCUT2D eigenvalue weighted by Crippen LogP contribution is 2.21. The fourth-order valence-corrected chi connectivity index (χ4v) is 3.12. The van der Waals surface area contributed by atoms with E-state index in [0.717, 1.165) is 9.75 Å². The molecule has 0 saturated carbocycles. The van der Waals surface area contributed by atoms with E-state index in [1.54, 1.807) is 23.5 Å². The molecule has 112 valence electrons. The van der Waals surface area contributed by atoms with E-state index >= 15 is 0 Å². The molecule has 2 heterocycles. The van der Waals surface area contributed by atoms with E-state index in [2.05, 4.69) is 15.4 Å². The summed E-state index contributed by atoms with van der Waals surface area (Å²) in [7, 11) is 0. The van der Waals surface area contributed by atoms with Gasteiger partial charge in [0.05, 0.1) is 0 Å². The summed E-state index contributed by atoms with van der Waals surface area (Å²) in [4.78, 5) is 15.6. The van der Waals surface area contributed by atoms with Crippen LogP contribution >= 0.6 is 11.3 Å². The van der Waals surface area contributed by atoms with E-state index in [-0.39, 0.29) is 18.1 Å². The van der Waals surface area contributed by atoms with Gasteiger partial charge in [-0.3, -0.25) is 4.79 Å². The Bertz CT molecular complexity index is 840. The zero-order chi connectivity index (χ0) is 15.7. The first-order chi connectivity index (χ1) is 10.5. The number of thiophene rings is 1. The number of hydrogen-bond acceptors (Lipinski definition) is 5. The third-order valence-corrected chi connectivity index (χ3v) is 4.13. The lowest BCUT2D eigenvalue weighted by atomic mass is 10.1. The maximum absolute atomic E-state index is 13.2. The molecule has 3 aromatic rings. The number of aromatic nitrogens is 4. The Labute approximate surface area is 130 Å². The molecule has 3 rings (SSSR count). The molecule has 0 aliphatic carbocycles. The highest BCUT2D eigenvalue weighted by molar-refractivity contribution is 7.12. The average molecular weight is 316 g/mol. The van der Waals surface area contributed by atoms with Crippen LogP contribution in [0.15, 0.2) is 30.3 Å². The standard InChI is InChI=1S/C15H13FN4OS/c1-9-6-13(10(2)22-9)14(21)8-20-18-15(17-19-20)11-4-3-5-12(16)7-11/h3-7H,8H2,1-2H3. The minimum Gasteiger partial charge on any atom is -0.292 e. The van der Waals surface area contributed by atoms with Gasteiger partial charge in [-0.05, 0) is 37.3 Å².